The van der Waals surface area contributed by atoms with E-state index in [1.54, 1.807) is 18.2 Å². The Balaban J connectivity index is 1.68. The molecule has 0 spiro atoms. The standard InChI is InChI=1S/C18H15ClF2N2O2S2/c19-15-7-13(21)2-1-11(15)8-23(14-5-3-12(20)4-6-14)18-22-16-9-27(24,25)10-17(16)26-18/h1-7,16-17H,8-10H2/t16-,17-/m1/s1. The van der Waals surface area contributed by atoms with Crippen LogP contribution in [0.15, 0.2) is 47.5 Å². The SMILES string of the molecule is O=S1(=O)C[C@H]2N=C(N(Cc3ccc(F)cc3Cl)c3ccc(F)cc3)S[C@@H]2C1. The lowest BCUT2D eigenvalue weighted by Crippen LogP contribution is -2.28. The van der Waals surface area contributed by atoms with Crippen LogP contribution in [-0.4, -0.2) is 36.4 Å². The summed E-state index contributed by atoms with van der Waals surface area (Å²) in [5, 5.41) is 0.831. The van der Waals surface area contributed by atoms with E-state index < -0.39 is 15.7 Å². The summed E-state index contributed by atoms with van der Waals surface area (Å²) >= 11 is 7.58. The van der Waals surface area contributed by atoms with Crippen LogP contribution in [0.2, 0.25) is 5.02 Å². The summed E-state index contributed by atoms with van der Waals surface area (Å²) in [7, 11) is -3.05. The van der Waals surface area contributed by atoms with Crippen molar-refractivity contribution < 1.29 is 17.2 Å². The molecule has 1 fully saturated rings. The van der Waals surface area contributed by atoms with Crippen molar-refractivity contribution in [1.29, 1.82) is 0 Å². The van der Waals surface area contributed by atoms with Crippen molar-refractivity contribution in [2.24, 2.45) is 4.99 Å². The third kappa shape index (κ3) is 3.97. The van der Waals surface area contributed by atoms with Crippen LogP contribution in [0.5, 0.6) is 0 Å². The average molecular weight is 429 g/mol. The minimum absolute atomic E-state index is 0.0444. The Morgan fingerprint density at radius 3 is 2.48 bits per heavy atom. The maximum absolute atomic E-state index is 13.4. The highest BCUT2D eigenvalue weighted by Gasteiger charge is 2.44. The van der Waals surface area contributed by atoms with Crippen LogP contribution in [0.1, 0.15) is 5.56 Å². The van der Waals surface area contributed by atoms with Crippen LogP contribution in [-0.2, 0) is 16.4 Å². The largest absolute Gasteiger partial charge is 0.317 e. The normalized spacial score (nSPS) is 23.1. The molecule has 0 unspecified atom stereocenters. The number of halogens is 3. The van der Waals surface area contributed by atoms with Gasteiger partial charge in [0, 0.05) is 16.0 Å². The Kier molecular flexibility index (Phi) is 4.90. The quantitative estimate of drug-likeness (QED) is 0.744. The number of rotatable bonds is 3. The van der Waals surface area contributed by atoms with Crippen molar-refractivity contribution in [2.45, 2.75) is 17.8 Å². The molecular weight excluding hydrogens is 414 g/mol. The van der Waals surface area contributed by atoms with Gasteiger partial charge < -0.3 is 4.90 Å². The molecule has 2 aliphatic rings. The van der Waals surface area contributed by atoms with Gasteiger partial charge in [0.25, 0.3) is 0 Å². The molecule has 0 radical (unpaired) electrons. The fourth-order valence-electron chi connectivity index (χ4n) is 3.18. The minimum atomic E-state index is -3.05. The van der Waals surface area contributed by atoms with Gasteiger partial charge in [-0.25, -0.2) is 17.2 Å². The highest BCUT2D eigenvalue weighted by Crippen LogP contribution is 2.37. The fourth-order valence-corrected chi connectivity index (χ4v) is 7.19. The van der Waals surface area contributed by atoms with Crippen LogP contribution >= 0.6 is 23.4 Å². The molecule has 0 aliphatic carbocycles. The van der Waals surface area contributed by atoms with Gasteiger partial charge in [-0.15, -0.1) is 0 Å². The van der Waals surface area contributed by atoms with Crippen molar-refractivity contribution in [3.05, 3.63) is 64.7 Å². The molecule has 9 heteroatoms. The van der Waals surface area contributed by atoms with Crippen LogP contribution in [0.25, 0.3) is 0 Å². The molecule has 4 rings (SSSR count). The van der Waals surface area contributed by atoms with E-state index >= 15 is 0 Å². The van der Waals surface area contributed by atoms with Gasteiger partial charge >= 0.3 is 0 Å². The van der Waals surface area contributed by atoms with Crippen molar-refractivity contribution in [1.82, 2.24) is 0 Å². The number of thioether (sulfide) groups is 1. The van der Waals surface area contributed by atoms with Crippen LogP contribution in [0.4, 0.5) is 14.5 Å². The number of aliphatic imine (C=N–C) groups is 1. The summed E-state index contributed by atoms with van der Waals surface area (Å²) in [5.74, 6) is -0.640. The Bertz CT molecular complexity index is 1010. The van der Waals surface area contributed by atoms with Gasteiger partial charge in [0.15, 0.2) is 15.0 Å². The number of fused-ring (bicyclic) bond motifs is 1. The molecule has 0 saturated carbocycles. The van der Waals surface area contributed by atoms with Crippen molar-refractivity contribution >= 4 is 44.1 Å². The number of hydrogen-bond acceptors (Lipinski definition) is 5. The molecule has 4 nitrogen and oxygen atoms in total. The molecule has 2 heterocycles. The first-order valence-electron chi connectivity index (χ1n) is 8.23. The van der Waals surface area contributed by atoms with Gasteiger partial charge in [0.2, 0.25) is 0 Å². The molecule has 27 heavy (non-hydrogen) atoms. The monoisotopic (exact) mass is 428 g/mol. The second-order valence-corrected chi connectivity index (χ2v) is 10.3. The molecule has 2 aromatic carbocycles. The lowest BCUT2D eigenvalue weighted by Gasteiger charge is -2.25. The maximum atomic E-state index is 13.4. The van der Waals surface area contributed by atoms with E-state index in [2.05, 4.69) is 4.99 Å². The van der Waals surface area contributed by atoms with E-state index in [-0.39, 0.29) is 33.6 Å². The predicted octanol–water partition coefficient (Wildman–Crippen LogP) is 3.89. The number of sulfone groups is 1. The maximum Gasteiger partial charge on any atom is 0.164 e. The molecule has 0 amide bonds. The zero-order chi connectivity index (χ0) is 19.2. The molecule has 2 aliphatic heterocycles. The first kappa shape index (κ1) is 18.7. The van der Waals surface area contributed by atoms with Gasteiger partial charge in [0.1, 0.15) is 11.6 Å². The third-order valence-corrected chi connectivity index (χ3v) is 8.12. The van der Waals surface area contributed by atoms with Gasteiger partial charge in [-0.1, -0.05) is 29.4 Å². The first-order valence-corrected chi connectivity index (χ1v) is 11.3. The van der Waals surface area contributed by atoms with Crippen LogP contribution in [0.3, 0.4) is 0 Å². The molecule has 0 N–H and O–H groups in total. The van der Waals surface area contributed by atoms with Gasteiger partial charge in [-0.05, 0) is 42.0 Å². The fraction of sp³-hybridized carbons (Fsp3) is 0.278. The molecule has 142 valence electrons. The lowest BCUT2D eigenvalue weighted by atomic mass is 10.2. The van der Waals surface area contributed by atoms with E-state index in [1.807, 2.05) is 4.90 Å². The number of nitrogens with zero attached hydrogens (tertiary/aromatic N) is 2. The second kappa shape index (κ2) is 7.07. The molecule has 2 aromatic rings. The smallest absolute Gasteiger partial charge is 0.164 e. The highest BCUT2D eigenvalue weighted by atomic mass is 35.5. The number of hydrogen-bond donors (Lipinski definition) is 0. The molecule has 0 bridgehead atoms. The summed E-state index contributed by atoms with van der Waals surface area (Å²) in [6.45, 7) is 0.308. The Hall–Kier alpha value is -1.64. The van der Waals surface area contributed by atoms with Crippen molar-refractivity contribution in [3.63, 3.8) is 0 Å². The summed E-state index contributed by atoms with van der Waals surface area (Å²) in [6, 6.07) is 9.84. The highest BCUT2D eigenvalue weighted by molar-refractivity contribution is 8.15. The van der Waals surface area contributed by atoms with Crippen LogP contribution < -0.4 is 4.90 Å². The summed E-state index contributed by atoms with van der Waals surface area (Å²) in [5.41, 5.74) is 1.39. The number of benzene rings is 2. The third-order valence-electron chi connectivity index (χ3n) is 4.52. The molecule has 1 saturated heterocycles. The zero-order valence-electron chi connectivity index (χ0n) is 14.0. The van der Waals surface area contributed by atoms with E-state index in [9.17, 15) is 17.2 Å². The van der Waals surface area contributed by atoms with Gasteiger partial charge in [-0.3, -0.25) is 4.99 Å². The Morgan fingerprint density at radius 2 is 1.81 bits per heavy atom. The molecule has 0 aromatic heterocycles. The van der Waals surface area contributed by atoms with E-state index in [4.69, 9.17) is 11.6 Å². The van der Waals surface area contributed by atoms with E-state index in [0.717, 1.165) is 0 Å². The summed E-state index contributed by atoms with van der Waals surface area (Å²) in [4.78, 5) is 6.46. The van der Waals surface area contributed by atoms with Crippen LogP contribution in [0, 0.1) is 11.6 Å². The summed E-state index contributed by atoms with van der Waals surface area (Å²) in [6.07, 6.45) is 0. The Labute approximate surface area is 165 Å². The average Bonchev–Trinajstić information content (AvgIpc) is 3.08. The van der Waals surface area contributed by atoms with Crippen molar-refractivity contribution in [3.8, 4) is 0 Å². The summed E-state index contributed by atoms with van der Waals surface area (Å²) < 4.78 is 50.3. The van der Waals surface area contributed by atoms with Crippen molar-refractivity contribution in [2.75, 3.05) is 16.4 Å². The second-order valence-electron chi connectivity index (χ2n) is 6.51. The van der Waals surface area contributed by atoms with Gasteiger partial charge in [-0.2, -0.15) is 0 Å². The number of amidine groups is 1. The zero-order valence-corrected chi connectivity index (χ0v) is 16.4. The molecular formula is C18H15ClF2N2O2S2. The Morgan fingerprint density at radius 1 is 1.11 bits per heavy atom. The molecule has 2 atom stereocenters. The number of anilines is 1. The van der Waals surface area contributed by atoms with E-state index in [1.165, 1.54) is 36.0 Å². The van der Waals surface area contributed by atoms with E-state index in [0.29, 0.717) is 23.0 Å². The van der Waals surface area contributed by atoms with Gasteiger partial charge in [0.05, 0.1) is 24.1 Å². The topological polar surface area (TPSA) is 49.7 Å². The predicted molar refractivity (Wildman–Crippen MR) is 105 cm³/mol. The lowest BCUT2D eigenvalue weighted by molar-refractivity contribution is 0.601. The minimum Gasteiger partial charge on any atom is -0.317 e. The first-order chi connectivity index (χ1) is 12.8.